The van der Waals surface area contributed by atoms with E-state index in [0.29, 0.717) is 6.04 Å². The highest BCUT2D eigenvalue weighted by Gasteiger charge is 2.23. The predicted molar refractivity (Wildman–Crippen MR) is 79.5 cm³/mol. The summed E-state index contributed by atoms with van der Waals surface area (Å²) in [5.41, 5.74) is 9.37. The van der Waals surface area contributed by atoms with Gasteiger partial charge in [0.25, 0.3) is 0 Å². The van der Waals surface area contributed by atoms with Gasteiger partial charge < -0.3 is 15.5 Å². The molecule has 1 fully saturated rings. The molecule has 4 rings (SSSR count). The van der Waals surface area contributed by atoms with Gasteiger partial charge in [-0.25, -0.2) is 9.97 Å². The smallest absolute Gasteiger partial charge is 0.180 e. The zero-order valence-electron chi connectivity index (χ0n) is 11.0. The van der Waals surface area contributed by atoms with E-state index in [2.05, 4.69) is 10.3 Å². The number of nitrogens with zero attached hydrogens (tertiary/aromatic N) is 3. The molecule has 0 spiro atoms. The molecule has 1 saturated carbocycles. The van der Waals surface area contributed by atoms with Gasteiger partial charge in [-0.2, -0.15) is 0 Å². The summed E-state index contributed by atoms with van der Waals surface area (Å²) < 4.78 is 2.00. The van der Waals surface area contributed by atoms with Gasteiger partial charge in [-0.1, -0.05) is 12.1 Å². The molecule has 0 aliphatic heterocycles. The van der Waals surface area contributed by atoms with Crippen LogP contribution in [0.4, 0.5) is 11.5 Å². The number of rotatable bonds is 3. The van der Waals surface area contributed by atoms with E-state index < -0.39 is 0 Å². The third kappa shape index (κ3) is 1.97. The minimum absolute atomic E-state index is 0.541. The van der Waals surface area contributed by atoms with Crippen LogP contribution in [-0.4, -0.2) is 20.4 Å². The Morgan fingerprint density at radius 1 is 1.30 bits per heavy atom. The van der Waals surface area contributed by atoms with Crippen LogP contribution >= 0.6 is 0 Å². The van der Waals surface area contributed by atoms with E-state index in [-0.39, 0.29) is 0 Å². The largest absolute Gasteiger partial charge is 0.399 e. The van der Waals surface area contributed by atoms with Crippen LogP contribution in [0.1, 0.15) is 12.8 Å². The van der Waals surface area contributed by atoms with Crippen molar-refractivity contribution in [3.05, 3.63) is 42.9 Å². The first kappa shape index (κ1) is 11.3. The minimum atomic E-state index is 0.541. The second-order valence-corrected chi connectivity index (χ2v) is 5.18. The molecule has 0 saturated heterocycles. The second-order valence-electron chi connectivity index (χ2n) is 5.18. The van der Waals surface area contributed by atoms with Gasteiger partial charge in [0.05, 0.1) is 5.69 Å². The van der Waals surface area contributed by atoms with Gasteiger partial charge in [-0.3, -0.25) is 0 Å². The third-order valence-electron chi connectivity index (χ3n) is 3.47. The van der Waals surface area contributed by atoms with E-state index in [1.165, 1.54) is 12.8 Å². The Morgan fingerprint density at radius 3 is 3.00 bits per heavy atom. The van der Waals surface area contributed by atoms with Gasteiger partial charge in [-0.05, 0) is 25.0 Å². The molecule has 5 nitrogen and oxygen atoms in total. The van der Waals surface area contributed by atoms with Gasteiger partial charge in [0.1, 0.15) is 0 Å². The van der Waals surface area contributed by atoms with Crippen molar-refractivity contribution < 1.29 is 0 Å². The maximum absolute atomic E-state index is 5.85. The number of benzene rings is 1. The Morgan fingerprint density at radius 2 is 2.20 bits per heavy atom. The SMILES string of the molecule is Nc1cccc(-c2cn3ccnc3c(NC3CC3)n2)c1. The molecule has 0 radical (unpaired) electrons. The summed E-state index contributed by atoms with van der Waals surface area (Å²) in [4.78, 5) is 9.08. The normalized spacial score (nSPS) is 14.6. The number of nitrogen functional groups attached to an aromatic ring is 1. The number of hydrogen-bond acceptors (Lipinski definition) is 4. The summed E-state index contributed by atoms with van der Waals surface area (Å²) in [6, 6.07) is 8.31. The molecular formula is C15H15N5. The van der Waals surface area contributed by atoms with Crippen molar-refractivity contribution in [1.29, 1.82) is 0 Å². The first-order chi connectivity index (χ1) is 9.79. The molecule has 2 heterocycles. The molecule has 0 unspecified atom stereocenters. The Bertz CT molecular complexity index is 773. The van der Waals surface area contributed by atoms with E-state index in [9.17, 15) is 0 Å². The zero-order chi connectivity index (χ0) is 13.5. The number of anilines is 2. The van der Waals surface area contributed by atoms with Crippen LogP contribution in [0.25, 0.3) is 16.9 Å². The van der Waals surface area contributed by atoms with E-state index >= 15 is 0 Å². The maximum Gasteiger partial charge on any atom is 0.180 e. The summed E-state index contributed by atoms with van der Waals surface area (Å²) in [6.07, 6.45) is 8.12. The molecule has 0 bridgehead atoms. The summed E-state index contributed by atoms with van der Waals surface area (Å²) in [5.74, 6) is 0.845. The van der Waals surface area contributed by atoms with Gasteiger partial charge in [0, 0.05) is 35.9 Å². The average molecular weight is 265 g/mol. The van der Waals surface area contributed by atoms with Crippen LogP contribution in [0.3, 0.4) is 0 Å². The monoisotopic (exact) mass is 265 g/mol. The minimum Gasteiger partial charge on any atom is -0.399 e. The Kier molecular flexibility index (Phi) is 2.39. The quantitative estimate of drug-likeness (QED) is 0.714. The second kappa shape index (κ2) is 4.23. The van der Waals surface area contributed by atoms with Crippen molar-refractivity contribution in [1.82, 2.24) is 14.4 Å². The Hall–Kier alpha value is -2.56. The molecule has 5 heteroatoms. The highest BCUT2D eigenvalue weighted by molar-refractivity contribution is 5.71. The molecular weight excluding hydrogens is 250 g/mol. The predicted octanol–water partition coefficient (Wildman–Crippen LogP) is 2.55. The van der Waals surface area contributed by atoms with E-state index in [1.807, 2.05) is 41.1 Å². The Balaban J connectivity index is 1.86. The lowest BCUT2D eigenvalue weighted by Crippen LogP contribution is -2.06. The fraction of sp³-hybridized carbons (Fsp3) is 0.200. The van der Waals surface area contributed by atoms with Crippen LogP contribution in [0.5, 0.6) is 0 Å². The number of fused-ring (bicyclic) bond motifs is 1. The van der Waals surface area contributed by atoms with Crippen molar-refractivity contribution >= 4 is 17.2 Å². The van der Waals surface area contributed by atoms with E-state index in [0.717, 1.165) is 28.4 Å². The molecule has 100 valence electrons. The molecule has 1 aliphatic carbocycles. The lowest BCUT2D eigenvalue weighted by Gasteiger charge is -2.09. The number of hydrogen-bond donors (Lipinski definition) is 2. The molecule has 0 amide bonds. The first-order valence-corrected chi connectivity index (χ1v) is 6.76. The van der Waals surface area contributed by atoms with Crippen molar-refractivity contribution in [3.63, 3.8) is 0 Å². The molecule has 3 N–H and O–H groups in total. The van der Waals surface area contributed by atoms with Crippen molar-refractivity contribution in [3.8, 4) is 11.3 Å². The lowest BCUT2D eigenvalue weighted by atomic mass is 10.1. The van der Waals surface area contributed by atoms with Crippen molar-refractivity contribution in [2.24, 2.45) is 0 Å². The highest BCUT2D eigenvalue weighted by Crippen LogP contribution is 2.28. The lowest BCUT2D eigenvalue weighted by molar-refractivity contribution is 1.07. The zero-order valence-corrected chi connectivity index (χ0v) is 11.0. The summed E-state index contributed by atoms with van der Waals surface area (Å²) in [5, 5.41) is 3.44. The number of nitrogens with one attached hydrogen (secondary N) is 1. The highest BCUT2D eigenvalue weighted by atomic mass is 15.1. The molecule has 1 aromatic carbocycles. The topological polar surface area (TPSA) is 68.2 Å². The van der Waals surface area contributed by atoms with E-state index in [4.69, 9.17) is 10.7 Å². The summed E-state index contributed by atoms with van der Waals surface area (Å²) >= 11 is 0. The molecule has 0 atom stereocenters. The third-order valence-corrected chi connectivity index (χ3v) is 3.47. The van der Waals surface area contributed by atoms with Crippen LogP contribution in [0.15, 0.2) is 42.9 Å². The first-order valence-electron chi connectivity index (χ1n) is 6.76. The molecule has 20 heavy (non-hydrogen) atoms. The van der Waals surface area contributed by atoms with Gasteiger partial charge in [0.15, 0.2) is 11.5 Å². The fourth-order valence-corrected chi connectivity index (χ4v) is 2.29. The molecule has 1 aliphatic rings. The average Bonchev–Trinajstić information content (AvgIpc) is 3.13. The van der Waals surface area contributed by atoms with Gasteiger partial charge in [-0.15, -0.1) is 0 Å². The van der Waals surface area contributed by atoms with Crippen molar-refractivity contribution in [2.45, 2.75) is 18.9 Å². The van der Waals surface area contributed by atoms with Crippen molar-refractivity contribution in [2.75, 3.05) is 11.1 Å². The number of imidazole rings is 1. The summed E-state index contributed by atoms with van der Waals surface area (Å²) in [6.45, 7) is 0. The van der Waals surface area contributed by atoms with Crippen LogP contribution in [0.2, 0.25) is 0 Å². The Labute approximate surface area is 116 Å². The van der Waals surface area contributed by atoms with E-state index in [1.54, 1.807) is 6.20 Å². The summed E-state index contributed by atoms with van der Waals surface area (Å²) in [7, 11) is 0. The fourth-order valence-electron chi connectivity index (χ4n) is 2.29. The number of aromatic nitrogens is 3. The molecule has 3 aromatic rings. The van der Waals surface area contributed by atoms with Crippen LogP contribution < -0.4 is 11.1 Å². The van der Waals surface area contributed by atoms with Gasteiger partial charge in [0.2, 0.25) is 0 Å². The van der Waals surface area contributed by atoms with Crippen LogP contribution in [-0.2, 0) is 0 Å². The van der Waals surface area contributed by atoms with Gasteiger partial charge >= 0.3 is 0 Å². The number of nitrogens with two attached hydrogens (primary N) is 1. The van der Waals surface area contributed by atoms with Crippen LogP contribution in [0, 0.1) is 0 Å². The standard InChI is InChI=1S/C15H15N5/c16-11-3-1-2-10(8-11)13-9-20-7-6-17-15(20)14(19-13)18-12-4-5-12/h1-3,6-9,12H,4-5,16H2,(H,18,19). The molecule has 2 aromatic heterocycles. The maximum atomic E-state index is 5.85.